The van der Waals surface area contributed by atoms with Gasteiger partial charge in [-0.05, 0) is 19.3 Å². The molecule has 0 saturated carbocycles. The summed E-state index contributed by atoms with van der Waals surface area (Å²) in [6.07, 6.45) is 2.42. The minimum absolute atomic E-state index is 0.884. The van der Waals surface area contributed by atoms with Crippen molar-refractivity contribution in [1.29, 1.82) is 0 Å². The van der Waals surface area contributed by atoms with Crippen molar-refractivity contribution in [2.75, 3.05) is 0 Å². The van der Waals surface area contributed by atoms with E-state index in [2.05, 4.69) is 47.4 Å². The Morgan fingerprint density at radius 2 is 1.33 bits per heavy atom. The second kappa shape index (κ2) is 16.8. The van der Waals surface area contributed by atoms with Gasteiger partial charge in [0.15, 0.2) is 0 Å². The van der Waals surface area contributed by atoms with E-state index in [-0.39, 0.29) is 0 Å². The third-order valence-electron chi connectivity index (χ3n) is 1.42. The van der Waals surface area contributed by atoms with E-state index in [1.54, 1.807) is 0 Å². The molecular weight excluding hydrogens is 144 g/mol. The topological polar surface area (TPSA) is 0 Å². The minimum atomic E-state index is 0.884. The van der Waals surface area contributed by atoms with Crippen molar-refractivity contribution in [1.82, 2.24) is 0 Å². The molecular formula is C12H26. The first kappa shape index (κ1) is 17.5. The number of rotatable bonds is 2. The molecule has 0 heterocycles. The summed E-state index contributed by atoms with van der Waals surface area (Å²) in [5, 5.41) is 0. The van der Waals surface area contributed by atoms with Gasteiger partial charge in [-0.15, -0.1) is 19.7 Å². The minimum Gasteiger partial charge on any atom is -0.106 e. The zero-order valence-corrected chi connectivity index (χ0v) is 9.61. The van der Waals surface area contributed by atoms with Gasteiger partial charge in [0, 0.05) is 0 Å². The van der Waals surface area contributed by atoms with Crippen LogP contribution in [-0.4, -0.2) is 0 Å². The normalized spacial score (nSPS) is 7.50. The highest BCUT2D eigenvalue weighted by Gasteiger charge is 1.80. The molecule has 0 aliphatic rings. The zero-order valence-electron chi connectivity index (χ0n) is 9.61. The van der Waals surface area contributed by atoms with Crippen LogP contribution in [0.15, 0.2) is 25.3 Å². The fourth-order valence-corrected chi connectivity index (χ4v) is 0. The van der Waals surface area contributed by atoms with Crippen molar-refractivity contribution in [3.05, 3.63) is 25.3 Å². The van der Waals surface area contributed by atoms with Crippen LogP contribution in [0.4, 0.5) is 0 Å². The fraction of sp³-hybridized carbons (Fsp3) is 0.667. The highest BCUT2D eigenvalue weighted by molar-refractivity contribution is 4.84. The number of hydrogen-bond donors (Lipinski definition) is 0. The molecule has 0 spiro atoms. The van der Waals surface area contributed by atoms with Gasteiger partial charge in [0.2, 0.25) is 0 Å². The average Bonchev–Trinajstić information content (AvgIpc) is 2.09. The SMILES string of the molecule is C=C.C=C(C)CC.CCC(C)C. The molecule has 0 radical (unpaired) electrons. The molecule has 0 rings (SSSR count). The Bertz CT molecular complexity index is 80.0. The molecule has 0 saturated heterocycles. The maximum Gasteiger partial charge on any atom is -0.0354 e. The van der Waals surface area contributed by atoms with Crippen molar-refractivity contribution in [2.24, 2.45) is 5.92 Å². The first-order valence-corrected chi connectivity index (χ1v) is 4.68. The van der Waals surface area contributed by atoms with Gasteiger partial charge in [-0.3, -0.25) is 0 Å². The third-order valence-corrected chi connectivity index (χ3v) is 1.42. The maximum absolute atomic E-state index is 3.67. The highest BCUT2D eigenvalue weighted by Crippen LogP contribution is 1.93. The zero-order chi connectivity index (χ0) is 10.6. The van der Waals surface area contributed by atoms with Crippen LogP contribution in [0.1, 0.15) is 47.5 Å². The quantitative estimate of drug-likeness (QED) is 0.521. The van der Waals surface area contributed by atoms with Gasteiger partial charge in [-0.25, -0.2) is 0 Å². The standard InChI is InChI=1S/C5H12.C5H10.C2H4/c2*1-4-5(2)3;1-2/h5H,4H2,1-3H3;2,4H2,1,3H3;1-2H2. The smallest absolute Gasteiger partial charge is 0.0354 e. The van der Waals surface area contributed by atoms with E-state index in [0.717, 1.165) is 12.3 Å². The molecule has 0 aliphatic carbocycles. The predicted octanol–water partition coefficient (Wildman–Crippen LogP) is 4.83. The Morgan fingerprint density at radius 1 is 1.17 bits per heavy atom. The molecule has 0 aromatic carbocycles. The molecule has 74 valence electrons. The van der Waals surface area contributed by atoms with Gasteiger partial charge in [-0.1, -0.05) is 39.7 Å². The van der Waals surface area contributed by atoms with Gasteiger partial charge in [0.05, 0.1) is 0 Å². The Labute approximate surface area is 79.4 Å². The monoisotopic (exact) mass is 170 g/mol. The van der Waals surface area contributed by atoms with Crippen molar-refractivity contribution in [2.45, 2.75) is 47.5 Å². The Kier molecular flexibility index (Phi) is 24.6. The van der Waals surface area contributed by atoms with E-state index in [1.807, 2.05) is 6.92 Å². The van der Waals surface area contributed by atoms with E-state index >= 15 is 0 Å². The largest absolute Gasteiger partial charge is 0.106 e. The molecule has 12 heavy (non-hydrogen) atoms. The molecule has 0 aliphatic heterocycles. The summed E-state index contributed by atoms with van der Waals surface area (Å²) in [5.74, 6) is 0.884. The molecule has 0 aromatic rings. The summed E-state index contributed by atoms with van der Waals surface area (Å²) in [6, 6.07) is 0. The summed E-state index contributed by atoms with van der Waals surface area (Å²) in [7, 11) is 0. The van der Waals surface area contributed by atoms with Gasteiger partial charge in [-0.2, -0.15) is 0 Å². The Hall–Kier alpha value is -0.520. The lowest BCUT2D eigenvalue weighted by Crippen LogP contribution is -1.77. The van der Waals surface area contributed by atoms with Crippen LogP contribution >= 0.6 is 0 Å². The summed E-state index contributed by atoms with van der Waals surface area (Å²) >= 11 is 0. The molecule has 0 nitrogen and oxygen atoms in total. The lowest BCUT2D eigenvalue weighted by atomic mass is 10.2. The lowest BCUT2D eigenvalue weighted by molar-refractivity contribution is 0.626. The summed E-state index contributed by atoms with van der Waals surface area (Å²) in [5.41, 5.74) is 1.25. The molecule has 0 amide bonds. The lowest BCUT2D eigenvalue weighted by Gasteiger charge is -1.90. The molecule has 0 N–H and O–H groups in total. The Balaban J connectivity index is -0.000000112. The summed E-state index contributed by atoms with van der Waals surface area (Å²) in [4.78, 5) is 0. The van der Waals surface area contributed by atoms with Crippen molar-refractivity contribution in [3.8, 4) is 0 Å². The van der Waals surface area contributed by atoms with E-state index in [9.17, 15) is 0 Å². The van der Waals surface area contributed by atoms with Crippen LogP contribution < -0.4 is 0 Å². The predicted molar refractivity (Wildman–Crippen MR) is 61.5 cm³/mol. The highest BCUT2D eigenvalue weighted by atomic mass is 13.9. The summed E-state index contributed by atoms with van der Waals surface area (Å²) < 4.78 is 0. The number of allylic oxidation sites excluding steroid dienone is 1. The van der Waals surface area contributed by atoms with E-state index < -0.39 is 0 Å². The van der Waals surface area contributed by atoms with Crippen LogP contribution in [0, 0.1) is 5.92 Å². The molecule has 0 heteroatoms. The van der Waals surface area contributed by atoms with Gasteiger partial charge in [0.25, 0.3) is 0 Å². The second-order valence-electron chi connectivity index (χ2n) is 3.11. The van der Waals surface area contributed by atoms with Gasteiger partial charge in [0.1, 0.15) is 0 Å². The second-order valence-corrected chi connectivity index (χ2v) is 3.11. The fourth-order valence-electron chi connectivity index (χ4n) is 0. The first-order chi connectivity index (χ1) is 5.54. The van der Waals surface area contributed by atoms with Crippen LogP contribution in [-0.2, 0) is 0 Å². The van der Waals surface area contributed by atoms with Crippen LogP contribution in [0.3, 0.4) is 0 Å². The molecule has 0 atom stereocenters. The Morgan fingerprint density at radius 3 is 1.33 bits per heavy atom. The van der Waals surface area contributed by atoms with Gasteiger partial charge < -0.3 is 0 Å². The molecule has 0 aromatic heterocycles. The van der Waals surface area contributed by atoms with Crippen LogP contribution in [0.25, 0.3) is 0 Å². The van der Waals surface area contributed by atoms with Crippen LogP contribution in [0.5, 0.6) is 0 Å². The van der Waals surface area contributed by atoms with Crippen molar-refractivity contribution in [3.63, 3.8) is 0 Å². The third kappa shape index (κ3) is 56.3. The molecule has 0 fully saturated rings. The first-order valence-electron chi connectivity index (χ1n) is 4.68. The van der Waals surface area contributed by atoms with Crippen LogP contribution in [0.2, 0.25) is 0 Å². The maximum atomic E-state index is 3.67. The van der Waals surface area contributed by atoms with E-state index in [1.165, 1.54) is 12.0 Å². The summed E-state index contributed by atoms with van der Waals surface area (Å²) in [6.45, 7) is 20.4. The van der Waals surface area contributed by atoms with Crippen molar-refractivity contribution < 1.29 is 0 Å². The van der Waals surface area contributed by atoms with E-state index in [4.69, 9.17) is 0 Å². The van der Waals surface area contributed by atoms with Crippen molar-refractivity contribution >= 4 is 0 Å². The molecule has 0 bridgehead atoms. The number of hydrogen-bond acceptors (Lipinski definition) is 0. The average molecular weight is 170 g/mol. The van der Waals surface area contributed by atoms with E-state index in [0.29, 0.717) is 0 Å². The van der Waals surface area contributed by atoms with Gasteiger partial charge >= 0.3 is 0 Å². The molecule has 0 unspecified atom stereocenters.